The quantitative estimate of drug-likeness (QED) is 0.658. The highest BCUT2D eigenvalue weighted by molar-refractivity contribution is 7.92. The van der Waals surface area contributed by atoms with Gasteiger partial charge in [-0.1, -0.05) is 12.1 Å². The molecule has 120 valence electrons. The van der Waals surface area contributed by atoms with Crippen molar-refractivity contribution in [2.45, 2.75) is 17.9 Å². The number of nitrogens with zero attached hydrogens (tertiary/aromatic N) is 1. The molecular formula is C15H15N3O4S. The van der Waals surface area contributed by atoms with E-state index >= 15 is 0 Å². The second-order valence-electron chi connectivity index (χ2n) is 5.23. The first-order chi connectivity index (χ1) is 11.0. The Morgan fingerprint density at radius 2 is 1.87 bits per heavy atom. The van der Waals surface area contributed by atoms with E-state index in [0.717, 1.165) is 24.1 Å². The Hall–Kier alpha value is -2.45. The Kier molecular flexibility index (Phi) is 4.01. The second-order valence-corrected chi connectivity index (χ2v) is 6.91. The first kappa shape index (κ1) is 15.4. The minimum Gasteiger partial charge on any atom is -0.312 e. The summed E-state index contributed by atoms with van der Waals surface area (Å²) in [6, 6.07) is 10.3. The van der Waals surface area contributed by atoms with Crippen LogP contribution in [0.5, 0.6) is 0 Å². The van der Waals surface area contributed by atoms with Crippen molar-refractivity contribution in [2.24, 2.45) is 0 Å². The molecule has 0 amide bonds. The molecule has 0 radical (unpaired) electrons. The predicted molar refractivity (Wildman–Crippen MR) is 85.8 cm³/mol. The maximum Gasteiger partial charge on any atom is 0.269 e. The standard InChI is InChI=1S/C15H15N3O4S/c19-18(20)12-4-6-13(7-5-12)23(21,22)17-15-3-1-2-11-10-16-9-8-14(11)15/h1-7,16-17H,8-10H2. The Labute approximate surface area is 133 Å². The van der Waals surface area contributed by atoms with Crippen LogP contribution in [0, 0.1) is 10.1 Å². The molecule has 1 aliphatic rings. The van der Waals surface area contributed by atoms with Gasteiger partial charge in [0.1, 0.15) is 0 Å². The molecule has 0 aromatic heterocycles. The predicted octanol–water partition coefficient (Wildman–Crippen LogP) is 2.04. The number of nitro benzene ring substituents is 1. The number of anilines is 1. The van der Waals surface area contributed by atoms with Crippen LogP contribution in [0.4, 0.5) is 11.4 Å². The number of sulfonamides is 1. The number of hydrogen-bond donors (Lipinski definition) is 2. The molecule has 0 unspecified atom stereocenters. The summed E-state index contributed by atoms with van der Waals surface area (Å²) in [5.41, 5.74) is 2.46. The van der Waals surface area contributed by atoms with Gasteiger partial charge < -0.3 is 5.32 Å². The van der Waals surface area contributed by atoms with E-state index < -0.39 is 14.9 Å². The highest BCUT2D eigenvalue weighted by Gasteiger charge is 2.19. The lowest BCUT2D eigenvalue weighted by Crippen LogP contribution is -2.25. The van der Waals surface area contributed by atoms with Crippen molar-refractivity contribution in [1.82, 2.24) is 5.32 Å². The molecular weight excluding hydrogens is 318 g/mol. The number of non-ortho nitro benzene ring substituents is 1. The Morgan fingerprint density at radius 1 is 1.13 bits per heavy atom. The van der Waals surface area contributed by atoms with Gasteiger partial charge in [-0.25, -0.2) is 8.42 Å². The van der Waals surface area contributed by atoms with Gasteiger partial charge in [-0.05, 0) is 42.3 Å². The number of nitrogens with one attached hydrogen (secondary N) is 2. The maximum absolute atomic E-state index is 12.5. The van der Waals surface area contributed by atoms with Crippen molar-refractivity contribution in [3.63, 3.8) is 0 Å². The molecule has 0 saturated carbocycles. The summed E-state index contributed by atoms with van der Waals surface area (Å²) in [6.45, 7) is 1.51. The topological polar surface area (TPSA) is 101 Å². The molecule has 8 heteroatoms. The molecule has 7 nitrogen and oxygen atoms in total. The fourth-order valence-corrected chi connectivity index (χ4v) is 3.67. The second kappa shape index (κ2) is 5.98. The summed E-state index contributed by atoms with van der Waals surface area (Å²) >= 11 is 0. The lowest BCUT2D eigenvalue weighted by atomic mass is 9.99. The largest absolute Gasteiger partial charge is 0.312 e. The minimum absolute atomic E-state index is 0.00497. The van der Waals surface area contributed by atoms with Crippen molar-refractivity contribution in [3.05, 3.63) is 63.7 Å². The minimum atomic E-state index is -3.78. The molecule has 23 heavy (non-hydrogen) atoms. The summed E-state index contributed by atoms with van der Waals surface area (Å²) in [7, 11) is -3.78. The lowest BCUT2D eigenvalue weighted by Gasteiger charge is -2.21. The molecule has 0 bridgehead atoms. The summed E-state index contributed by atoms with van der Waals surface area (Å²) in [6.07, 6.45) is 0.744. The van der Waals surface area contributed by atoms with Crippen molar-refractivity contribution in [1.29, 1.82) is 0 Å². The number of rotatable bonds is 4. The third-order valence-electron chi connectivity index (χ3n) is 3.74. The monoisotopic (exact) mass is 333 g/mol. The van der Waals surface area contributed by atoms with Gasteiger partial charge in [0.2, 0.25) is 0 Å². The average molecular weight is 333 g/mol. The van der Waals surface area contributed by atoms with Gasteiger partial charge in [-0.15, -0.1) is 0 Å². The van der Waals surface area contributed by atoms with Crippen LogP contribution in [0.3, 0.4) is 0 Å². The van der Waals surface area contributed by atoms with Gasteiger partial charge in [0, 0.05) is 18.7 Å². The van der Waals surface area contributed by atoms with Gasteiger partial charge >= 0.3 is 0 Å². The van der Waals surface area contributed by atoms with Gasteiger partial charge in [0.25, 0.3) is 15.7 Å². The maximum atomic E-state index is 12.5. The Morgan fingerprint density at radius 3 is 2.57 bits per heavy atom. The zero-order valence-corrected chi connectivity index (χ0v) is 13.0. The molecule has 0 fully saturated rings. The highest BCUT2D eigenvalue weighted by Crippen LogP contribution is 2.26. The van der Waals surface area contributed by atoms with Gasteiger partial charge in [0.05, 0.1) is 15.5 Å². The van der Waals surface area contributed by atoms with Crippen LogP contribution in [0.2, 0.25) is 0 Å². The molecule has 2 aromatic rings. The van der Waals surface area contributed by atoms with Crippen LogP contribution in [0.15, 0.2) is 47.4 Å². The third-order valence-corrected chi connectivity index (χ3v) is 5.12. The van der Waals surface area contributed by atoms with Crippen LogP contribution in [-0.2, 0) is 23.0 Å². The SMILES string of the molecule is O=[N+]([O-])c1ccc(S(=O)(=O)Nc2cccc3c2CCNC3)cc1. The van der Waals surface area contributed by atoms with Crippen LogP contribution < -0.4 is 10.0 Å². The van der Waals surface area contributed by atoms with E-state index in [0.29, 0.717) is 12.2 Å². The van der Waals surface area contributed by atoms with E-state index in [1.54, 1.807) is 12.1 Å². The van der Waals surface area contributed by atoms with E-state index in [4.69, 9.17) is 0 Å². The molecule has 0 aliphatic carbocycles. The number of nitro groups is 1. The smallest absolute Gasteiger partial charge is 0.269 e. The first-order valence-electron chi connectivity index (χ1n) is 7.06. The zero-order valence-electron chi connectivity index (χ0n) is 12.2. The van der Waals surface area contributed by atoms with Crippen molar-refractivity contribution in [3.8, 4) is 0 Å². The van der Waals surface area contributed by atoms with Gasteiger partial charge in [0.15, 0.2) is 0 Å². The lowest BCUT2D eigenvalue weighted by molar-refractivity contribution is -0.384. The van der Waals surface area contributed by atoms with Crippen molar-refractivity contribution in [2.75, 3.05) is 11.3 Å². The molecule has 1 aliphatic heterocycles. The van der Waals surface area contributed by atoms with Crippen LogP contribution in [0.25, 0.3) is 0 Å². The molecule has 2 N–H and O–H groups in total. The Balaban J connectivity index is 1.91. The summed E-state index contributed by atoms with van der Waals surface area (Å²) < 4.78 is 27.5. The molecule has 0 spiro atoms. The van der Waals surface area contributed by atoms with Crippen molar-refractivity contribution < 1.29 is 13.3 Å². The number of fused-ring (bicyclic) bond motifs is 1. The van der Waals surface area contributed by atoms with Crippen LogP contribution in [0.1, 0.15) is 11.1 Å². The van der Waals surface area contributed by atoms with E-state index in [1.165, 1.54) is 24.3 Å². The third kappa shape index (κ3) is 3.17. The summed E-state index contributed by atoms with van der Waals surface area (Å²) in [5.74, 6) is 0. The highest BCUT2D eigenvalue weighted by atomic mass is 32.2. The van der Waals surface area contributed by atoms with Crippen molar-refractivity contribution >= 4 is 21.4 Å². The summed E-state index contributed by atoms with van der Waals surface area (Å²) in [5, 5.41) is 13.9. The van der Waals surface area contributed by atoms with Crippen LogP contribution in [-0.4, -0.2) is 19.9 Å². The van der Waals surface area contributed by atoms with Gasteiger partial charge in [-0.3, -0.25) is 14.8 Å². The molecule has 3 rings (SSSR count). The van der Waals surface area contributed by atoms with E-state index in [-0.39, 0.29) is 10.6 Å². The van der Waals surface area contributed by atoms with E-state index in [9.17, 15) is 18.5 Å². The summed E-state index contributed by atoms with van der Waals surface area (Å²) in [4.78, 5) is 10.1. The fourth-order valence-electron chi connectivity index (χ4n) is 2.58. The Bertz CT molecular complexity index is 848. The molecule has 2 aromatic carbocycles. The number of hydrogen-bond acceptors (Lipinski definition) is 5. The van der Waals surface area contributed by atoms with Gasteiger partial charge in [-0.2, -0.15) is 0 Å². The average Bonchev–Trinajstić information content (AvgIpc) is 2.55. The van der Waals surface area contributed by atoms with Crippen LogP contribution >= 0.6 is 0 Å². The molecule has 1 heterocycles. The van der Waals surface area contributed by atoms with E-state index in [2.05, 4.69) is 10.0 Å². The zero-order chi connectivity index (χ0) is 16.4. The normalized spacial score (nSPS) is 14.1. The fraction of sp³-hybridized carbons (Fsp3) is 0.200. The molecule has 0 atom stereocenters. The first-order valence-corrected chi connectivity index (χ1v) is 8.54. The van der Waals surface area contributed by atoms with E-state index in [1.807, 2.05) is 6.07 Å². The molecule has 0 saturated heterocycles. The number of benzene rings is 2.